The molecule has 0 radical (unpaired) electrons. The van der Waals surface area contributed by atoms with Crippen molar-refractivity contribution in [2.45, 2.75) is 79.9 Å². The van der Waals surface area contributed by atoms with E-state index in [2.05, 4.69) is 172 Å². The zero-order chi connectivity index (χ0) is 39.2. The fraction of sp³-hybridized carbons (Fsp3) is 0.241. The Kier molecular flexibility index (Phi) is 10.8. The maximum absolute atomic E-state index is 3.44. The Bertz CT molecular complexity index is 2760. The second kappa shape index (κ2) is 16.1. The van der Waals surface area contributed by atoms with Crippen LogP contribution in [0.1, 0.15) is 94.8 Å². The van der Waals surface area contributed by atoms with Gasteiger partial charge in [0.25, 0.3) is 0 Å². The molecule has 0 bridgehead atoms. The van der Waals surface area contributed by atoms with E-state index in [1.165, 1.54) is 117 Å². The monoisotopic (exact) mass is 998 g/mol. The minimum absolute atomic E-state index is 0. The molecule has 61 heavy (non-hydrogen) atoms. The number of hydrogen-bond donors (Lipinski definition) is 0. The summed E-state index contributed by atoms with van der Waals surface area (Å²) in [7, 11) is 0. The van der Waals surface area contributed by atoms with Gasteiger partial charge in [0.05, 0.1) is 0 Å². The maximum atomic E-state index is 2.76. The molecule has 4 atom stereocenters. The molecule has 0 nitrogen and oxygen atoms in total. The van der Waals surface area contributed by atoms with E-state index in [0.29, 0.717) is 7.35 Å². The van der Waals surface area contributed by atoms with Crippen LogP contribution in [0.4, 0.5) is 0 Å². The largest absolute Gasteiger partial charge is 1.00 e. The SMILES string of the molecule is CCCC1=Cc2c(-c3c4ccccc4cc4ccccc34)cccc2[CH]1[Hf+2]1([CH]2C(CCC)=Cc3c(-c4c5ccccc5cc5ccccc45)cccc32)[CH]2CCCC[CH]21.[Cl-].[Cl-]. The first kappa shape index (κ1) is 40.8. The van der Waals surface area contributed by atoms with Crippen LogP contribution in [0.25, 0.3) is 77.5 Å². The Labute approximate surface area is 378 Å². The normalized spacial score (nSPS) is 21.2. The molecule has 1 saturated heterocycles. The summed E-state index contributed by atoms with van der Waals surface area (Å²) in [6.07, 6.45) is 16.1. The van der Waals surface area contributed by atoms with Gasteiger partial charge >= 0.3 is 356 Å². The Morgan fingerprint density at radius 3 is 1.16 bits per heavy atom. The molecule has 0 spiro atoms. The van der Waals surface area contributed by atoms with Gasteiger partial charge in [-0.15, -0.1) is 0 Å². The Morgan fingerprint density at radius 2 is 0.803 bits per heavy atom. The molecule has 12 rings (SSSR count). The molecule has 4 unspecified atom stereocenters. The van der Waals surface area contributed by atoms with Crippen LogP contribution in [0.5, 0.6) is 0 Å². The molecule has 1 aliphatic heterocycles. The van der Waals surface area contributed by atoms with E-state index in [-0.39, 0.29) is 24.8 Å². The average Bonchev–Trinajstić information content (AvgIpc) is 3.54. The maximum Gasteiger partial charge on any atom is -1.00 e. The van der Waals surface area contributed by atoms with E-state index in [1.807, 2.05) is 0 Å². The van der Waals surface area contributed by atoms with Crippen LogP contribution >= 0.6 is 0 Å². The summed E-state index contributed by atoms with van der Waals surface area (Å²) in [5.74, 6) is 0. The fourth-order valence-corrected chi connectivity index (χ4v) is 48.8. The van der Waals surface area contributed by atoms with Crippen molar-refractivity contribution in [3.63, 3.8) is 0 Å². The number of hydrogen-bond acceptors (Lipinski definition) is 0. The standard InChI is InChI=1S/2C26H21.C6H10.2ClH.Hf/c2*1-2-8-18-15-19-11-7-14-24(25(19)16-18)26-22-12-5-3-9-20(22)17-21-10-4-6-13-23(21)26;1-2-4-6-5-3-1;;;/h2*3-7,9-17H,2,8H2,1H3;1-2H,3-6H2;2*1H;/q;;;;;+2/p-2. The Hall–Kier alpha value is -4.27. The number of benzene rings is 8. The predicted molar refractivity (Wildman–Crippen MR) is 251 cm³/mol. The molecule has 3 heteroatoms. The molecule has 302 valence electrons. The molecular weight excluding hydrogens is 946 g/mol. The molecule has 0 amide bonds. The zero-order valence-electron chi connectivity index (χ0n) is 35.2. The molecule has 8 aromatic carbocycles. The van der Waals surface area contributed by atoms with Gasteiger partial charge in [-0.2, -0.15) is 0 Å². The smallest absolute Gasteiger partial charge is 1.00 e. The summed E-state index contributed by atoms with van der Waals surface area (Å²) in [5, 5.41) is 10.8. The molecular formula is C58H52Cl2Hf. The van der Waals surface area contributed by atoms with Gasteiger partial charge in [-0.3, -0.25) is 0 Å². The van der Waals surface area contributed by atoms with E-state index >= 15 is 0 Å². The first-order valence-corrected chi connectivity index (χ1v) is 31.0. The number of allylic oxidation sites excluding steroid dienone is 2. The molecule has 8 aromatic rings. The van der Waals surface area contributed by atoms with Crippen molar-refractivity contribution >= 4 is 55.2 Å². The number of halogens is 2. The van der Waals surface area contributed by atoms with Gasteiger partial charge in [0.15, 0.2) is 0 Å². The molecule has 0 aromatic heterocycles. The van der Waals surface area contributed by atoms with E-state index in [9.17, 15) is 0 Å². The van der Waals surface area contributed by atoms with Gasteiger partial charge in [0.2, 0.25) is 0 Å². The average molecular weight is 998 g/mol. The predicted octanol–water partition coefficient (Wildman–Crippen LogP) is 11.1. The Balaban J connectivity index is 0.00000223. The van der Waals surface area contributed by atoms with Crippen LogP contribution in [0.3, 0.4) is 0 Å². The summed E-state index contributed by atoms with van der Waals surface area (Å²) < 4.78 is 3.22. The van der Waals surface area contributed by atoms with Gasteiger partial charge in [-0.25, -0.2) is 0 Å². The topological polar surface area (TPSA) is 0 Å². The Morgan fingerprint density at radius 1 is 0.443 bits per heavy atom. The third-order valence-electron chi connectivity index (χ3n) is 15.4. The molecule has 0 N–H and O–H groups in total. The minimum Gasteiger partial charge on any atom is -1.00 e. The van der Waals surface area contributed by atoms with Crippen molar-refractivity contribution in [3.05, 3.63) is 179 Å². The molecule has 3 aliphatic carbocycles. The van der Waals surface area contributed by atoms with Gasteiger partial charge in [-0.1, -0.05) is 0 Å². The third-order valence-corrected chi connectivity index (χ3v) is 40.3. The van der Waals surface area contributed by atoms with Gasteiger partial charge in [0, 0.05) is 0 Å². The van der Waals surface area contributed by atoms with E-state index in [0.717, 1.165) is 7.35 Å². The molecule has 1 saturated carbocycles. The summed E-state index contributed by atoms with van der Waals surface area (Å²) in [5.41, 5.74) is 15.8. The van der Waals surface area contributed by atoms with E-state index in [1.54, 1.807) is 33.4 Å². The van der Waals surface area contributed by atoms with Gasteiger partial charge in [0.1, 0.15) is 0 Å². The second-order valence-electron chi connectivity index (χ2n) is 18.3. The van der Waals surface area contributed by atoms with Crippen LogP contribution in [0.15, 0.2) is 157 Å². The fourth-order valence-electron chi connectivity index (χ4n) is 13.4. The summed E-state index contributed by atoms with van der Waals surface area (Å²) in [4.78, 5) is 0. The second-order valence-corrected chi connectivity index (χ2v) is 35.0. The minimum atomic E-state index is -3.44. The zero-order valence-corrected chi connectivity index (χ0v) is 40.3. The first-order valence-electron chi connectivity index (χ1n) is 22.7. The molecule has 2 fully saturated rings. The van der Waals surface area contributed by atoms with Crippen molar-refractivity contribution in [2.75, 3.05) is 0 Å². The van der Waals surface area contributed by atoms with Gasteiger partial charge in [-0.05, 0) is 0 Å². The molecule has 4 aliphatic rings. The first-order chi connectivity index (χ1) is 29.2. The van der Waals surface area contributed by atoms with Crippen molar-refractivity contribution in [1.29, 1.82) is 0 Å². The number of rotatable bonds is 8. The van der Waals surface area contributed by atoms with Crippen LogP contribution in [0, 0.1) is 0 Å². The number of fused-ring (bicyclic) bond motifs is 7. The molecule has 1 heterocycles. The summed E-state index contributed by atoms with van der Waals surface area (Å²) >= 11 is -3.44. The van der Waals surface area contributed by atoms with E-state index < -0.39 is 20.0 Å². The summed E-state index contributed by atoms with van der Waals surface area (Å²) in [6, 6.07) is 56.3. The third kappa shape index (κ3) is 6.08. The van der Waals surface area contributed by atoms with Crippen molar-refractivity contribution in [3.8, 4) is 22.3 Å². The van der Waals surface area contributed by atoms with Crippen molar-refractivity contribution in [2.24, 2.45) is 0 Å². The van der Waals surface area contributed by atoms with Gasteiger partial charge < -0.3 is 24.8 Å². The quantitative estimate of drug-likeness (QED) is 0.105. The van der Waals surface area contributed by atoms with Crippen LogP contribution in [-0.4, -0.2) is 0 Å². The van der Waals surface area contributed by atoms with Crippen LogP contribution in [-0.2, 0) is 20.0 Å². The van der Waals surface area contributed by atoms with Crippen molar-refractivity contribution in [1.82, 2.24) is 0 Å². The van der Waals surface area contributed by atoms with Crippen LogP contribution in [0.2, 0.25) is 7.35 Å². The van der Waals surface area contributed by atoms with E-state index in [4.69, 9.17) is 0 Å². The summed E-state index contributed by atoms with van der Waals surface area (Å²) in [6.45, 7) is 4.86. The van der Waals surface area contributed by atoms with Crippen molar-refractivity contribution < 1.29 is 44.8 Å². The van der Waals surface area contributed by atoms with Crippen LogP contribution < -0.4 is 24.8 Å².